The molecule has 7 heteroatoms. The van der Waals surface area contributed by atoms with Gasteiger partial charge in [0.1, 0.15) is 16.7 Å². The molecular weight excluding hydrogens is 337 g/mol. The molecule has 1 aromatic heterocycles. The van der Waals surface area contributed by atoms with Crippen LogP contribution in [0, 0.1) is 5.82 Å². The van der Waals surface area contributed by atoms with Gasteiger partial charge in [0.25, 0.3) is 5.91 Å². The lowest BCUT2D eigenvalue weighted by molar-refractivity contribution is 0.0945. The first-order chi connectivity index (χ1) is 9.06. The second kappa shape index (κ2) is 6.08. The summed E-state index contributed by atoms with van der Waals surface area (Å²) < 4.78 is 14.2. The first-order valence-corrected chi connectivity index (χ1v) is 6.43. The van der Waals surface area contributed by atoms with Crippen LogP contribution in [0.5, 0.6) is 0 Å². The van der Waals surface area contributed by atoms with E-state index in [1.165, 1.54) is 18.5 Å². The van der Waals surface area contributed by atoms with Gasteiger partial charge in [0, 0.05) is 16.6 Å². The van der Waals surface area contributed by atoms with Gasteiger partial charge in [0.15, 0.2) is 0 Å². The van der Waals surface area contributed by atoms with Gasteiger partial charge in [-0.3, -0.25) is 9.78 Å². The molecule has 4 nitrogen and oxygen atoms in total. The van der Waals surface area contributed by atoms with Crippen LogP contribution >= 0.6 is 27.5 Å². The van der Waals surface area contributed by atoms with Gasteiger partial charge in [-0.2, -0.15) is 0 Å². The van der Waals surface area contributed by atoms with Crippen LogP contribution in [0.1, 0.15) is 16.1 Å². The topological polar surface area (TPSA) is 54.9 Å². The molecule has 0 saturated carbocycles. The van der Waals surface area contributed by atoms with Crippen molar-refractivity contribution >= 4 is 33.4 Å². The fourth-order valence-corrected chi connectivity index (χ4v) is 1.95. The number of halogens is 3. The van der Waals surface area contributed by atoms with Crippen LogP contribution in [0.25, 0.3) is 0 Å². The van der Waals surface area contributed by atoms with Gasteiger partial charge >= 0.3 is 0 Å². The van der Waals surface area contributed by atoms with Crippen LogP contribution < -0.4 is 5.32 Å². The maximum Gasteiger partial charge on any atom is 0.271 e. The highest BCUT2D eigenvalue weighted by atomic mass is 79.9. The third-order valence-corrected chi connectivity index (χ3v) is 2.96. The molecule has 0 aliphatic carbocycles. The lowest BCUT2D eigenvalue weighted by Gasteiger charge is -2.06. The first-order valence-electron chi connectivity index (χ1n) is 5.26. The Labute approximate surface area is 122 Å². The van der Waals surface area contributed by atoms with Gasteiger partial charge in [-0.15, -0.1) is 0 Å². The molecule has 19 heavy (non-hydrogen) atoms. The van der Waals surface area contributed by atoms with E-state index in [4.69, 9.17) is 11.6 Å². The van der Waals surface area contributed by atoms with Gasteiger partial charge in [0.2, 0.25) is 0 Å². The van der Waals surface area contributed by atoms with Crippen molar-refractivity contribution in [2.45, 2.75) is 6.54 Å². The monoisotopic (exact) mass is 343 g/mol. The average molecular weight is 345 g/mol. The van der Waals surface area contributed by atoms with Gasteiger partial charge in [-0.1, -0.05) is 27.5 Å². The van der Waals surface area contributed by atoms with Crippen molar-refractivity contribution in [2.24, 2.45) is 0 Å². The van der Waals surface area contributed by atoms with E-state index in [-0.39, 0.29) is 23.2 Å². The zero-order valence-corrected chi connectivity index (χ0v) is 11.9. The van der Waals surface area contributed by atoms with Crippen LogP contribution in [0.3, 0.4) is 0 Å². The third-order valence-electron chi connectivity index (χ3n) is 2.28. The Bertz CT molecular complexity index is 624. The van der Waals surface area contributed by atoms with Gasteiger partial charge in [-0.05, 0) is 18.2 Å². The molecule has 2 rings (SSSR count). The molecule has 1 amide bonds. The van der Waals surface area contributed by atoms with E-state index >= 15 is 0 Å². The summed E-state index contributed by atoms with van der Waals surface area (Å²) >= 11 is 8.87. The predicted octanol–water partition coefficient (Wildman–Crippen LogP) is 2.96. The number of carbonyl (C=O) groups excluding carboxylic acids is 1. The number of nitrogens with one attached hydrogen (secondary N) is 1. The number of benzene rings is 1. The number of hydrogen-bond donors (Lipinski definition) is 1. The van der Waals surface area contributed by atoms with Gasteiger partial charge in [0.05, 0.1) is 12.4 Å². The smallest absolute Gasteiger partial charge is 0.271 e. The summed E-state index contributed by atoms with van der Waals surface area (Å²) in [5.41, 5.74) is 0.459. The van der Waals surface area contributed by atoms with Crippen molar-refractivity contribution in [1.82, 2.24) is 15.3 Å². The molecule has 0 saturated heterocycles. The minimum atomic E-state index is -0.464. The Morgan fingerprint density at radius 1 is 1.42 bits per heavy atom. The number of carbonyl (C=O) groups is 1. The molecule has 2 aromatic rings. The maximum absolute atomic E-state index is 13.5. The van der Waals surface area contributed by atoms with E-state index in [2.05, 4.69) is 31.2 Å². The molecule has 0 aliphatic heterocycles. The molecular formula is C12H8BrClFN3O. The molecule has 0 unspecified atom stereocenters. The number of hydrogen-bond acceptors (Lipinski definition) is 3. The molecule has 98 valence electrons. The van der Waals surface area contributed by atoms with Crippen molar-refractivity contribution in [3.63, 3.8) is 0 Å². The highest BCUT2D eigenvalue weighted by Crippen LogP contribution is 2.15. The van der Waals surface area contributed by atoms with Crippen molar-refractivity contribution < 1.29 is 9.18 Å². The van der Waals surface area contributed by atoms with Crippen LogP contribution in [0.2, 0.25) is 5.15 Å². The van der Waals surface area contributed by atoms with E-state index in [9.17, 15) is 9.18 Å². The minimum Gasteiger partial charge on any atom is -0.346 e. The first kappa shape index (κ1) is 13.9. The number of nitrogens with zero attached hydrogens (tertiary/aromatic N) is 2. The lowest BCUT2D eigenvalue weighted by atomic mass is 10.2. The van der Waals surface area contributed by atoms with Crippen molar-refractivity contribution in [3.8, 4) is 0 Å². The minimum absolute atomic E-state index is 0.0539. The molecule has 0 spiro atoms. The normalized spacial score (nSPS) is 10.3. The molecule has 0 radical (unpaired) electrons. The molecule has 0 aliphatic rings. The largest absolute Gasteiger partial charge is 0.346 e. The van der Waals surface area contributed by atoms with Crippen LogP contribution in [0.15, 0.2) is 35.1 Å². The van der Waals surface area contributed by atoms with E-state index in [0.29, 0.717) is 5.56 Å². The van der Waals surface area contributed by atoms with Crippen molar-refractivity contribution in [3.05, 3.63) is 57.3 Å². The molecule has 0 fully saturated rings. The van der Waals surface area contributed by atoms with E-state index < -0.39 is 5.91 Å². The second-order valence-corrected chi connectivity index (χ2v) is 4.95. The van der Waals surface area contributed by atoms with Crippen LogP contribution in [0.4, 0.5) is 4.39 Å². The fraction of sp³-hybridized carbons (Fsp3) is 0.0833. The Morgan fingerprint density at radius 2 is 2.21 bits per heavy atom. The zero-order chi connectivity index (χ0) is 13.8. The predicted molar refractivity (Wildman–Crippen MR) is 72.3 cm³/mol. The van der Waals surface area contributed by atoms with Gasteiger partial charge < -0.3 is 5.32 Å². The second-order valence-electron chi connectivity index (χ2n) is 3.65. The van der Waals surface area contributed by atoms with Crippen molar-refractivity contribution in [1.29, 1.82) is 0 Å². The number of aromatic nitrogens is 2. The fourth-order valence-electron chi connectivity index (χ4n) is 1.40. The number of rotatable bonds is 3. The zero-order valence-electron chi connectivity index (χ0n) is 9.53. The SMILES string of the molecule is O=C(NCc1cc(Br)ccc1F)c1cncc(Cl)n1. The Morgan fingerprint density at radius 3 is 2.95 bits per heavy atom. The van der Waals surface area contributed by atoms with Gasteiger partial charge in [-0.25, -0.2) is 9.37 Å². The number of amides is 1. The molecule has 1 heterocycles. The summed E-state index contributed by atoms with van der Waals surface area (Å²) in [4.78, 5) is 19.3. The maximum atomic E-state index is 13.5. The van der Waals surface area contributed by atoms with E-state index in [0.717, 1.165) is 4.47 Å². The molecule has 1 aromatic carbocycles. The summed E-state index contributed by atoms with van der Waals surface area (Å²) in [6, 6.07) is 4.51. The summed E-state index contributed by atoms with van der Waals surface area (Å²) in [5.74, 6) is -0.852. The highest BCUT2D eigenvalue weighted by Gasteiger charge is 2.10. The quantitative estimate of drug-likeness (QED) is 0.931. The summed E-state index contributed by atoms with van der Waals surface area (Å²) in [6.45, 7) is 0.0539. The molecule has 0 atom stereocenters. The Kier molecular flexibility index (Phi) is 4.44. The standard InChI is InChI=1S/C12H8BrClFN3O/c13-8-1-2-9(15)7(3-8)4-17-12(19)10-5-16-6-11(14)18-10/h1-3,5-6H,4H2,(H,17,19). The van der Waals surface area contributed by atoms with E-state index in [1.54, 1.807) is 12.1 Å². The Hall–Kier alpha value is -1.53. The summed E-state index contributed by atoms with van der Waals surface area (Å²) in [6.07, 6.45) is 2.62. The third kappa shape index (κ3) is 3.71. The summed E-state index contributed by atoms with van der Waals surface area (Å²) in [7, 11) is 0. The van der Waals surface area contributed by atoms with Crippen molar-refractivity contribution in [2.75, 3.05) is 0 Å². The highest BCUT2D eigenvalue weighted by molar-refractivity contribution is 9.10. The molecule has 0 bridgehead atoms. The summed E-state index contributed by atoms with van der Waals surface area (Å²) in [5, 5.41) is 2.68. The van der Waals surface area contributed by atoms with Crippen LogP contribution in [-0.2, 0) is 6.54 Å². The van der Waals surface area contributed by atoms with E-state index in [1.807, 2.05) is 0 Å². The Balaban J connectivity index is 2.06. The lowest BCUT2D eigenvalue weighted by Crippen LogP contribution is -2.24. The molecule has 1 N–H and O–H groups in total. The average Bonchev–Trinajstić information content (AvgIpc) is 2.39. The van der Waals surface area contributed by atoms with Crippen LogP contribution in [-0.4, -0.2) is 15.9 Å².